The maximum atomic E-state index is 3.27. The summed E-state index contributed by atoms with van der Waals surface area (Å²) in [5.41, 5.74) is 2.74. The molecule has 0 radical (unpaired) electrons. The van der Waals surface area contributed by atoms with Crippen molar-refractivity contribution in [2.45, 2.75) is 41.0 Å². The molecule has 1 saturated heterocycles. The van der Waals surface area contributed by atoms with Crippen molar-refractivity contribution in [2.24, 2.45) is 5.92 Å². The molecule has 1 aromatic rings. The molecule has 1 nitrogen and oxygen atoms in total. The summed E-state index contributed by atoms with van der Waals surface area (Å²) < 4.78 is 0. The monoisotopic (exact) mass is 221 g/mol. The van der Waals surface area contributed by atoms with E-state index in [9.17, 15) is 0 Å². The first-order chi connectivity index (χ1) is 7.70. The van der Waals surface area contributed by atoms with Gasteiger partial charge >= 0.3 is 0 Å². The van der Waals surface area contributed by atoms with Gasteiger partial charge in [-0.3, -0.25) is 0 Å². The fourth-order valence-corrected chi connectivity index (χ4v) is 1.46. The SMILES string of the molecule is CC.CC1CCNC1.Cc1ccccc1C. The predicted octanol–water partition coefficient (Wildman–Crippen LogP) is 3.95. The van der Waals surface area contributed by atoms with Crippen molar-refractivity contribution in [3.63, 3.8) is 0 Å². The minimum absolute atomic E-state index is 0.935. The maximum absolute atomic E-state index is 3.27. The number of benzene rings is 1. The molecule has 0 amide bonds. The summed E-state index contributed by atoms with van der Waals surface area (Å²) in [6, 6.07) is 8.36. The highest BCUT2D eigenvalue weighted by Crippen LogP contribution is 2.03. The Kier molecular flexibility index (Phi) is 8.93. The third-order valence-electron chi connectivity index (χ3n) is 2.73. The molecule has 1 fully saturated rings. The van der Waals surface area contributed by atoms with Crippen LogP contribution in [0.15, 0.2) is 24.3 Å². The molecule has 0 saturated carbocycles. The highest BCUT2D eigenvalue weighted by atomic mass is 14.9. The van der Waals surface area contributed by atoms with Gasteiger partial charge in [-0.25, -0.2) is 0 Å². The van der Waals surface area contributed by atoms with Crippen LogP contribution >= 0.6 is 0 Å². The van der Waals surface area contributed by atoms with Crippen LogP contribution in [0.4, 0.5) is 0 Å². The molecule has 2 rings (SSSR count). The molecule has 16 heavy (non-hydrogen) atoms. The lowest BCUT2D eigenvalue weighted by atomic mass is 10.1. The molecule has 92 valence electrons. The van der Waals surface area contributed by atoms with Gasteiger partial charge in [-0.2, -0.15) is 0 Å². The molecule has 1 aliphatic heterocycles. The van der Waals surface area contributed by atoms with E-state index in [-0.39, 0.29) is 0 Å². The molecule has 1 aliphatic rings. The van der Waals surface area contributed by atoms with Gasteiger partial charge in [0.15, 0.2) is 0 Å². The van der Waals surface area contributed by atoms with E-state index in [0.717, 1.165) is 5.92 Å². The van der Waals surface area contributed by atoms with Gasteiger partial charge in [0, 0.05) is 0 Å². The molecule has 0 spiro atoms. The van der Waals surface area contributed by atoms with Crippen molar-refractivity contribution in [1.82, 2.24) is 5.32 Å². The minimum atomic E-state index is 0.935. The zero-order valence-corrected chi connectivity index (χ0v) is 11.5. The number of nitrogens with one attached hydrogen (secondary N) is 1. The van der Waals surface area contributed by atoms with E-state index >= 15 is 0 Å². The van der Waals surface area contributed by atoms with E-state index in [2.05, 4.69) is 50.4 Å². The summed E-state index contributed by atoms with van der Waals surface area (Å²) in [6.07, 6.45) is 1.38. The summed E-state index contributed by atoms with van der Waals surface area (Å²) in [4.78, 5) is 0. The molecule has 1 heterocycles. The van der Waals surface area contributed by atoms with Gasteiger partial charge in [-0.15, -0.1) is 0 Å². The number of rotatable bonds is 0. The Morgan fingerprint density at radius 1 is 1.06 bits per heavy atom. The Bertz CT molecular complexity index is 241. The Hall–Kier alpha value is -0.820. The van der Waals surface area contributed by atoms with Crippen LogP contribution in [0.25, 0.3) is 0 Å². The second-order valence-corrected chi connectivity index (χ2v) is 4.18. The van der Waals surface area contributed by atoms with Gasteiger partial charge in [0.1, 0.15) is 0 Å². The number of hydrogen-bond donors (Lipinski definition) is 1. The smallest absolute Gasteiger partial charge is 0.00227 e. The van der Waals surface area contributed by atoms with Crippen LogP contribution in [-0.4, -0.2) is 13.1 Å². The van der Waals surface area contributed by atoms with E-state index in [4.69, 9.17) is 0 Å². The maximum Gasteiger partial charge on any atom is -0.00227 e. The van der Waals surface area contributed by atoms with Crippen molar-refractivity contribution >= 4 is 0 Å². The van der Waals surface area contributed by atoms with E-state index in [0.29, 0.717) is 0 Å². The zero-order chi connectivity index (χ0) is 12.4. The topological polar surface area (TPSA) is 12.0 Å². The molecule has 1 atom stereocenters. The molecule has 1 unspecified atom stereocenters. The average molecular weight is 221 g/mol. The van der Waals surface area contributed by atoms with Crippen LogP contribution in [-0.2, 0) is 0 Å². The lowest BCUT2D eigenvalue weighted by Gasteiger charge is -1.93. The quantitative estimate of drug-likeness (QED) is 0.699. The normalized spacial score (nSPS) is 17.9. The summed E-state index contributed by atoms with van der Waals surface area (Å²) in [5.74, 6) is 0.935. The van der Waals surface area contributed by atoms with Crippen molar-refractivity contribution < 1.29 is 0 Å². The molecular weight excluding hydrogens is 194 g/mol. The van der Waals surface area contributed by atoms with Gasteiger partial charge in [-0.05, 0) is 50.4 Å². The number of aryl methyl sites for hydroxylation is 2. The van der Waals surface area contributed by atoms with Crippen LogP contribution in [0.5, 0.6) is 0 Å². The van der Waals surface area contributed by atoms with Crippen LogP contribution in [0.1, 0.15) is 38.3 Å². The van der Waals surface area contributed by atoms with Gasteiger partial charge < -0.3 is 5.32 Å². The second-order valence-electron chi connectivity index (χ2n) is 4.18. The van der Waals surface area contributed by atoms with E-state index in [1.165, 1.54) is 30.6 Å². The summed E-state index contributed by atoms with van der Waals surface area (Å²) in [5, 5.41) is 3.27. The highest BCUT2D eigenvalue weighted by Gasteiger charge is 2.06. The first kappa shape index (κ1) is 15.2. The fourth-order valence-electron chi connectivity index (χ4n) is 1.46. The Morgan fingerprint density at radius 3 is 1.75 bits per heavy atom. The number of hydrogen-bond acceptors (Lipinski definition) is 1. The first-order valence-electron chi connectivity index (χ1n) is 6.43. The van der Waals surface area contributed by atoms with Gasteiger partial charge in [0.25, 0.3) is 0 Å². The summed E-state index contributed by atoms with van der Waals surface area (Å²) in [7, 11) is 0. The lowest BCUT2D eigenvalue weighted by Crippen LogP contribution is -2.06. The van der Waals surface area contributed by atoms with E-state index < -0.39 is 0 Å². The largest absolute Gasteiger partial charge is 0.316 e. The molecule has 1 N–H and O–H groups in total. The van der Waals surface area contributed by atoms with Crippen molar-refractivity contribution in [3.8, 4) is 0 Å². The van der Waals surface area contributed by atoms with Crippen LogP contribution in [0.2, 0.25) is 0 Å². The second kappa shape index (κ2) is 9.41. The molecule has 0 aromatic heterocycles. The lowest BCUT2D eigenvalue weighted by molar-refractivity contribution is 0.651. The van der Waals surface area contributed by atoms with Crippen LogP contribution < -0.4 is 5.32 Å². The third kappa shape index (κ3) is 6.62. The fraction of sp³-hybridized carbons (Fsp3) is 0.600. The molecule has 1 aromatic carbocycles. The Labute approximate surface area is 101 Å². The standard InChI is InChI=1S/C8H10.C5H11N.C2H6/c1-7-5-3-4-6-8(7)2;1-5-2-3-6-4-5;1-2/h3-6H,1-2H3;5-6H,2-4H2,1H3;1-2H3. The van der Waals surface area contributed by atoms with Crippen molar-refractivity contribution in [1.29, 1.82) is 0 Å². The minimum Gasteiger partial charge on any atom is -0.316 e. The van der Waals surface area contributed by atoms with Gasteiger partial charge in [-0.1, -0.05) is 45.0 Å². The highest BCUT2D eigenvalue weighted by molar-refractivity contribution is 5.23. The molecule has 1 heteroatoms. The molecular formula is C15H27N. The zero-order valence-electron chi connectivity index (χ0n) is 11.5. The van der Waals surface area contributed by atoms with Gasteiger partial charge in [0.2, 0.25) is 0 Å². The van der Waals surface area contributed by atoms with Gasteiger partial charge in [0.05, 0.1) is 0 Å². The molecule has 0 aliphatic carbocycles. The van der Waals surface area contributed by atoms with Crippen molar-refractivity contribution in [3.05, 3.63) is 35.4 Å². The third-order valence-corrected chi connectivity index (χ3v) is 2.73. The first-order valence-corrected chi connectivity index (χ1v) is 6.43. The van der Waals surface area contributed by atoms with Crippen LogP contribution in [0.3, 0.4) is 0 Å². The average Bonchev–Trinajstić information content (AvgIpc) is 2.78. The van der Waals surface area contributed by atoms with E-state index in [1.807, 2.05) is 13.8 Å². The van der Waals surface area contributed by atoms with Crippen molar-refractivity contribution in [2.75, 3.05) is 13.1 Å². The Morgan fingerprint density at radius 2 is 1.56 bits per heavy atom. The van der Waals surface area contributed by atoms with E-state index in [1.54, 1.807) is 0 Å². The summed E-state index contributed by atoms with van der Waals surface area (Å²) in [6.45, 7) is 13.0. The summed E-state index contributed by atoms with van der Waals surface area (Å²) >= 11 is 0. The Balaban J connectivity index is 0.000000251. The van der Waals surface area contributed by atoms with Crippen LogP contribution in [0, 0.1) is 19.8 Å². The molecule has 0 bridgehead atoms. The predicted molar refractivity (Wildman–Crippen MR) is 73.9 cm³/mol.